The standard InChI is InChI=1S/C16H28N2/c1-11(2)18-12(3)14(13-9-7-8-10-13)17-15(18)16(4,5)6/h11,13H,7-10H2,1-6H3. The summed E-state index contributed by atoms with van der Waals surface area (Å²) in [5.74, 6) is 1.98. The van der Waals surface area contributed by atoms with Crippen molar-refractivity contribution in [2.75, 3.05) is 0 Å². The Morgan fingerprint density at radius 2 is 1.72 bits per heavy atom. The molecule has 0 atom stereocenters. The summed E-state index contributed by atoms with van der Waals surface area (Å²) in [6.45, 7) is 13.6. The molecule has 102 valence electrons. The van der Waals surface area contributed by atoms with Crippen molar-refractivity contribution in [1.29, 1.82) is 0 Å². The van der Waals surface area contributed by atoms with Crippen LogP contribution in [0.2, 0.25) is 0 Å². The SMILES string of the molecule is Cc1c(C2CCCC2)nc(C(C)(C)C)n1C(C)C. The number of aromatic nitrogens is 2. The van der Waals surface area contributed by atoms with Crippen molar-refractivity contribution in [3.8, 4) is 0 Å². The third kappa shape index (κ3) is 2.34. The van der Waals surface area contributed by atoms with Crippen LogP contribution in [0.4, 0.5) is 0 Å². The number of imidazole rings is 1. The van der Waals surface area contributed by atoms with E-state index in [9.17, 15) is 0 Å². The quantitative estimate of drug-likeness (QED) is 0.740. The van der Waals surface area contributed by atoms with Crippen molar-refractivity contribution >= 4 is 0 Å². The van der Waals surface area contributed by atoms with Crippen molar-refractivity contribution in [1.82, 2.24) is 9.55 Å². The predicted molar refractivity (Wildman–Crippen MR) is 77.3 cm³/mol. The molecule has 0 spiro atoms. The highest BCUT2D eigenvalue weighted by Crippen LogP contribution is 2.38. The van der Waals surface area contributed by atoms with Crippen LogP contribution in [-0.4, -0.2) is 9.55 Å². The van der Waals surface area contributed by atoms with Gasteiger partial charge in [0.1, 0.15) is 5.82 Å². The molecule has 0 N–H and O–H groups in total. The molecule has 0 amide bonds. The minimum absolute atomic E-state index is 0.131. The summed E-state index contributed by atoms with van der Waals surface area (Å²) >= 11 is 0. The van der Waals surface area contributed by atoms with Crippen LogP contribution in [0.25, 0.3) is 0 Å². The molecule has 1 saturated carbocycles. The van der Waals surface area contributed by atoms with E-state index in [0.29, 0.717) is 12.0 Å². The molecule has 1 aliphatic rings. The van der Waals surface area contributed by atoms with Gasteiger partial charge in [0.15, 0.2) is 0 Å². The lowest BCUT2D eigenvalue weighted by Gasteiger charge is -2.23. The minimum atomic E-state index is 0.131. The molecule has 0 saturated heterocycles. The average molecular weight is 248 g/mol. The summed E-state index contributed by atoms with van der Waals surface area (Å²) in [7, 11) is 0. The highest BCUT2D eigenvalue weighted by Gasteiger charge is 2.29. The summed E-state index contributed by atoms with van der Waals surface area (Å²) in [5, 5.41) is 0. The Hall–Kier alpha value is -0.790. The summed E-state index contributed by atoms with van der Waals surface area (Å²) in [6, 6.07) is 0.502. The van der Waals surface area contributed by atoms with Gasteiger partial charge in [-0.15, -0.1) is 0 Å². The first-order valence-corrected chi connectivity index (χ1v) is 7.41. The van der Waals surface area contributed by atoms with Gasteiger partial charge in [-0.05, 0) is 33.6 Å². The van der Waals surface area contributed by atoms with Gasteiger partial charge < -0.3 is 4.57 Å². The number of rotatable bonds is 2. The fraction of sp³-hybridized carbons (Fsp3) is 0.812. The average Bonchev–Trinajstić information content (AvgIpc) is 2.81. The maximum absolute atomic E-state index is 5.05. The van der Waals surface area contributed by atoms with E-state index in [1.54, 1.807) is 0 Å². The maximum atomic E-state index is 5.05. The second kappa shape index (κ2) is 4.71. The summed E-state index contributed by atoms with van der Waals surface area (Å²) in [4.78, 5) is 5.05. The molecule has 0 bridgehead atoms. The Kier molecular flexibility index (Phi) is 3.57. The molecule has 2 heteroatoms. The van der Waals surface area contributed by atoms with E-state index in [2.05, 4.69) is 46.1 Å². The van der Waals surface area contributed by atoms with Gasteiger partial charge in [0.2, 0.25) is 0 Å². The van der Waals surface area contributed by atoms with Crippen LogP contribution in [-0.2, 0) is 5.41 Å². The number of nitrogens with zero attached hydrogens (tertiary/aromatic N) is 2. The van der Waals surface area contributed by atoms with Crippen LogP contribution < -0.4 is 0 Å². The first-order valence-electron chi connectivity index (χ1n) is 7.41. The molecule has 2 nitrogen and oxygen atoms in total. The maximum Gasteiger partial charge on any atom is 0.114 e. The van der Waals surface area contributed by atoms with Crippen molar-refractivity contribution in [2.24, 2.45) is 0 Å². The summed E-state index contributed by atoms with van der Waals surface area (Å²) < 4.78 is 2.45. The Morgan fingerprint density at radius 1 is 1.17 bits per heavy atom. The van der Waals surface area contributed by atoms with Crippen molar-refractivity contribution in [3.63, 3.8) is 0 Å². The van der Waals surface area contributed by atoms with E-state index < -0.39 is 0 Å². The zero-order valence-electron chi connectivity index (χ0n) is 12.9. The predicted octanol–water partition coefficient (Wildman–Crippen LogP) is 4.73. The van der Waals surface area contributed by atoms with Crippen LogP contribution in [0.1, 0.15) is 89.5 Å². The van der Waals surface area contributed by atoms with E-state index >= 15 is 0 Å². The first-order chi connectivity index (χ1) is 8.32. The van der Waals surface area contributed by atoms with Crippen molar-refractivity contribution in [2.45, 2.75) is 84.6 Å². The lowest BCUT2D eigenvalue weighted by molar-refractivity contribution is 0.463. The molecular formula is C16H28N2. The van der Waals surface area contributed by atoms with Gasteiger partial charge in [0.05, 0.1) is 5.69 Å². The van der Waals surface area contributed by atoms with Gasteiger partial charge >= 0.3 is 0 Å². The molecule has 18 heavy (non-hydrogen) atoms. The Bertz CT molecular complexity index is 415. The first kappa shape index (κ1) is 13.6. The van der Waals surface area contributed by atoms with Gasteiger partial charge in [-0.25, -0.2) is 4.98 Å². The van der Waals surface area contributed by atoms with Gasteiger partial charge in [-0.3, -0.25) is 0 Å². The zero-order chi connectivity index (χ0) is 13.5. The Labute approximate surface area is 112 Å². The lowest BCUT2D eigenvalue weighted by atomic mass is 9.95. The normalized spacial score (nSPS) is 17.9. The molecule has 1 heterocycles. The van der Waals surface area contributed by atoms with Crippen LogP contribution >= 0.6 is 0 Å². The topological polar surface area (TPSA) is 17.8 Å². The molecular weight excluding hydrogens is 220 g/mol. The second-order valence-corrected chi connectivity index (χ2v) is 7.10. The van der Waals surface area contributed by atoms with E-state index in [1.807, 2.05) is 0 Å². The molecule has 1 aromatic heterocycles. The molecule has 1 aliphatic carbocycles. The van der Waals surface area contributed by atoms with Gasteiger partial charge in [0, 0.05) is 23.1 Å². The van der Waals surface area contributed by atoms with Gasteiger partial charge in [-0.2, -0.15) is 0 Å². The molecule has 0 radical (unpaired) electrons. The highest BCUT2D eigenvalue weighted by atomic mass is 15.1. The Balaban J connectivity index is 2.50. The van der Waals surface area contributed by atoms with Crippen LogP contribution in [0.15, 0.2) is 0 Å². The van der Waals surface area contributed by atoms with Crippen molar-refractivity contribution in [3.05, 3.63) is 17.2 Å². The fourth-order valence-electron chi connectivity index (χ4n) is 3.28. The highest BCUT2D eigenvalue weighted by molar-refractivity contribution is 5.24. The van der Waals surface area contributed by atoms with Crippen molar-refractivity contribution < 1.29 is 0 Å². The minimum Gasteiger partial charge on any atom is -0.329 e. The molecule has 0 aromatic carbocycles. The smallest absolute Gasteiger partial charge is 0.114 e. The molecule has 0 unspecified atom stereocenters. The van der Waals surface area contributed by atoms with E-state index in [4.69, 9.17) is 4.98 Å². The third-order valence-corrected chi connectivity index (χ3v) is 4.12. The van der Waals surface area contributed by atoms with Gasteiger partial charge in [0.25, 0.3) is 0 Å². The second-order valence-electron chi connectivity index (χ2n) is 7.10. The number of hydrogen-bond acceptors (Lipinski definition) is 1. The van der Waals surface area contributed by atoms with E-state index in [1.165, 1.54) is 42.9 Å². The van der Waals surface area contributed by atoms with Crippen LogP contribution in [0.5, 0.6) is 0 Å². The van der Waals surface area contributed by atoms with Crippen LogP contribution in [0, 0.1) is 6.92 Å². The van der Waals surface area contributed by atoms with Gasteiger partial charge in [-0.1, -0.05) is 33.6 Å². The lowest BCUT2D eigenvalue weighted by Crippen LogP contribution is -2.20. The zero-order valence-corrected chi connectivity index (χ0v) is 12.9. The third-order valence-electron chi connectivity index (χ3n) is 4.12. The van der Waals surface area contributed by atoms with E-state index in [-0.39, 0.29) is 5.41 Å². The molecule has 1 aromatic rings. The molecule has 1 fully saturated rings. The largest absolute Gasteiger partial charge is 0.329 e. The molecule has 0 aliphatic heterocycles. The number of hydrogen-bond donors (Lipinski definition) is 0. The van der Waals surface area contributed by atoms with Crippen LogP contribution in [0.3, 0.4) is 0 Å². The fourth-order valence-corrected chi connectivity index (χ4v) is 3.28. The summed E-state index contributed by atoms with van der Waals surface area (Å²) in [5.41, 5.74) is 2.92. The monoisotopic (exact) mass is 248 g/mol. The van der Waals surface area contributed by atoms with E-state index in [0.717, 1.165) is 0 Å². The molecule has 2 rings (SSSR count). The summed E-state index contributed by atoms with van der Waals surface area (Å²) in [6.07, 6.45) is 5.42. The Morgan fingerprint density at radius 3 is 2.11 bits per heavy atom.